The van der Waals surface area contributed by atoms with Crippen LogP contribution in [0.5, 0.6) is 28.7 Å². The number of rotatable bonds is 8. The Kier molecular flexibility index (Phi) is 9.27. The van der Waals surface area contributed by atoms with Gasteiger partial charge in [-0.25, -0.2) is 4.79 Å². The number of hydrogen-bond acceptors (Lipinski definition) is 8. The van der Waals surface area contributed by atoms with E-state index in [1.165, 1.54) is 14.2 Å². The maximum absolute atomic E-state index is 13.1. The number of carbonyl (C=O) groups excluding carboxylic acids is 2. The van der Waals surface area contributed by atoms with Crippen molar-refractivity contribution in [3.8, 4) is 28.7 Å². The first kappa shape index (κ1) is 29.0. The van der Waals surface area contributed by atoms with Crippen LogP contribution in [0.4, 0.5) is 0 Å². The van der Waals surface area contributed by atoms with Crippen molar-refractivity contribution in [1.29, 1.82) is 0 Å². The molecule has 0 saturated carbocycles. The number of amides is 1. The summed E-state index contributed by atoms with van der Waals surface area (Å²) in [7, 11) is 7.46. The molecule has 3 aliphatic rings. The van der Waals surface area contributed by atoms with Crippen molar-refractivity contribution in [3.63, 3.8) is 0 Å². The Morgan fingerprint density at radius 2 is 1.74 bits per heavy atom. The van der Waals surface area contributed by atoms with Crippen molar-refractivity contribution < 1.29 is 57.2 Å². The number of halogens is 1. The fourth-order valence-electron chi connectivity index (χ4n) is 5.02. The van der Waals surface area contributed by atoms with Gasteiger partial charge in [-0.2, -0.15) is 12.6 Å². The number of fused-ring (bicyclic) bond motifs is 2. The normalized spacial score (nSPS) is 19.3. The van der Waals surface area contributed by atoms with Crippen LogP contribution in [0.15, 0.2) is 35.4 Å². The molecular weight excluding hydrogens is 713 g/mol. The van der Waals surface area contributed by atoms with Gasteiger partial charge in [0.25, 0.3) is 0 Å². The molecule has 2 aliphatic heterocycles. The van der Waals surface area contributed by atoms with Crippen molar-refractivity contribution in [2.45, 2.75) is 30.8 Å². The van der Waals surface area contributed by atoms with Gasteiger partial charge in [0.15, 0.2) is 23.0 Å². The minimum absolute atomic E-state index is 0.00361. The van der Waals surface area contributed by atoms with Crippen molar-refractivity contribution in [3.05, 3.63) is 63.6 Å². The zero-order chi connectivity index (χ0) is 28.3. The molecule has 0 saturated heterocycles. The Bertz CT molecular complexity index is 1280. The van der Waals surface area contributed by atoms with Crippen LogP contribution >= 0.6 is 9.42 Å². The van der Waals surface area contributed by atoms with Gasteiger partial charge in [-0.15, -0.1) is 0 Å². The zero-order valence-electron chi connectivity index (χ0n) is 21.1. The fourth-order valence-corrected chi connectivity index (χ4v) is 5.02. The van der Waals surface area contributed by atoms with Crippen molar-refractivity contribution in [2.24, 2.45) is 0 Å². The molecule has 0 fully saturated rings. The third-order valence-corrected chi connectivity index (χ3v) is 6.87. The van der Waals surface area contributed by atoms with E-state index in [1.807, 2.05) is 0 Å². The number of phenolic OH excluding ortho intramolecular Hbond substituents is 1. The second kappa shape index (κ2) is 12.5. The molecule has 0 unspecified atom stereocenters. The molecule has 0 bridgehead atoms. The average molecular weight is 740 g/mol. The van der Waals surface area contributed by atoms with E-state index in [0.29, 0.717) is 39.3 Å². The van der Waals surface area contributed by atoms with E-state index < -0.39 is 24.0 Å². The number of nitrogens with one attached hydrogen (secondary N) is 3. The number of ether oxygens (including phenoxy) is 5. The second-order valence-electron chi connectivity index (χ2n) is 9.00. The van der Waals surface area contributed by atoms with Gasteiger partial charge in [-0.3, -0.25) is 4.79 Å². The Labute approximate surface area is 240 Å². The van der Waals surface area contributed by atoms with Crippen LogP contribution in [0.1, 0.15) is 41.5 Å². The van der Waals surface area contributed by atoms with Gasteiger partial charge in [0.05, 0.1) is 25.8 Å². The van der Waals surface area contributed by atoms with Gasteiger partial charge in [0.1, 0.15) is 6.61 Å². The van der Waals surface area contributed by atoms with Gasteiger partial charge in [-0.1, -0.05) is 6.42 Å². The number of cyclic esters (lactones) is 1. The number of phenols is 1. The minimum atomic E-state index is -0.657. The summed E-state index contributed by atoms with van der Waals surface area (Å²) in [6.07, 6.45) is 0.337. The molecule has 39 heavy (non-hydrogen) atoms. The summed E-state index contributed by atoms with van der Waals surface area (Å²) < 4.78 is 27.4. The van der Waals surface area contributed by atoms with E-state index in [1.54, 1.807) is 43.0 Å². The first-order chi connectivity index (χ1) is 18.9. The topological polar surface area (TPSA) is 160 Å². The first-order valence-electron chi connectivity index (χ1n) is 11.9. The van der Waals surface area contributed by atoms with Gasteiger partial charge < -0.3 is 45.6 Å². The SMILES string of the molecule is COc1cc([C@H]2C3=C(COC3=O)[C@H](NC(=O)CC[C@H]([NH-])C[NH-])c3cc4c(cc32)OCO4)cc(OC)c1O.[Cl][Pt]. The summed E-state index contributed by atoms with van der Waals surface area (Å²) in [5, 5.41) is 13.5. The van der Waals surface area contributed by atoms with E-state index in [2.05, 4.69) is 14.7 Å². The van der Waals surface area contributed by atoms with Gasteiger partial charge >= 0.3 is 34.2 Å². The van der Waals surface area contributed by atoms with E-state index in [-0.39, 0.29) is 55.9 Å². The zero-order valence-corrected chi connectivity index (χ0v) is 24.1. The Balaban J connectivity index is 0.00000172. The molecule has 2 aromatic rings. The van der Waals surface area contributed by atoms with E-state index >= 15 is 0 Å². The summed E-state index contributed by atoms with van der Waals surface area (Å²) in [5.41, 5.74) is 18.1. The number of methoxy groups -OCH3 is 2. The molecular formula is C26H27ClN3O8Pt-2. The summed E-state index contributed by atoms with van der Waals surface area (Å²) in [6, 6.07) is 5.57. The molecule has 2 aromatic carbocycles. The van der Waals surface area contributed by atoms with Crippen LogP contribution in [-0.4, -0.2) is 57.2 Å². The predicted octanol–water partition coefficient (Wildman–Crippen LogP) is 4.23. The number of aromatic hydroxyl groups is 1. The summed E-state index contributed by atoms with van der Waals surface area (Å²) in [5.74, 6) is -0.191. The first-order valence-corrected chi connectivity index (χ1v) is 14.7. The molecule has 1 aliphatic carbocycles. The number of hydrogen-bond donors (Lipinski definition) is 2. The summed E-state index contributed by atoms with van der Waals surface area (Å²) >= 11 is 1.61. The van der Waals surface area contributed by atoms with E-state index in [9.17, 15) is 14.7 Å². The van der Waals surface area contributed by atoms with Gasteiger partial charge in [0.2, 0.25) is 18.4 Å². The second-order valence-corrected chi connectivity index (χ2v) is 9.00. The monoisotopic (exact) mass is 739 g/mol. The number of carbonyl (C=O) groups is 2. The van der Waals surface area contributed by atoms with Crippen LogP contribution in [-0.2, 0) is 33.1 Å². The standard InChI is InChI=1S/C26H27N3O8.ClH.Pt/c1-33-19-5-12(6-20(34-2)25(19)31)22-14-7-17-18(37-11-36-17)8-15(14)24(16-10-35-26(32)23(16)22)29-21(30)4-3-13(28)9-27;;/h5-8,13,22,24,27-28,31H,3-4,9-11H2,1-2H3,(H,29,30);1H;/q-2;;+1/p-1/t13-,22+,24+;;/m0../s1. The summed E-state index contributed by atoms with van der Waals surface area (Å²) in [6.45, 7) is -0.0283. The van der Waals surface area contributed by atoms with Crippen LogP contribution in [0.25, 0.3) is 11.5 Å². The van der Waals surface area contributed by atoms with Crippen LogP contribution in [0.3, 0.4) is 0 Å². The number of benzene rings is 2. The molecule has 213 valence electrons. The quantitative estimate of drug-likeness (QED) is 0.381. The van der Waals surface area contributed by atoms with E-state index in [0.717, 1.165) is 0 Å². The summed E-state index contributed by atoms with van der Waals surface area (Å²) in [4.78, 5) is 26.0. The molecule has 13 heteroatoms. The van der Waals surface area contributed by atoms with Crippen molar-refractivity contribution >= 4 is 21.3 Å². The van der Waals surface area contributed by atoms with Crippen LogP contribution < -0.4 is 24.3 Å². The van der Waals surface area contributed by atoms with Gasteiger partial charge in [0, 0.05) is 17.9 Å². The molecule has 0 radical (unpaired) electrons. The third-order valence-electron chi connectivity index (χ3n) is 6.87. The van der Waals surface area contributed by atoms with Crippen LogP contribution in [0.2, 0.25) is 0 Å². The Morgan fingerprint density at radius 1 is 1.13 bits per heavy atom. The molecule has 0 spiro atoms. The van der Waals surface area contributed by atoms with Crippen LogP contribution in [0, 0.1) is 0 Å². The van der Waals surface area contributed by atoms with Crippen molar-refractivity contribution in [2.75, 3.05) is 34.2 Å². The fraction of sp³-hybridized carbons (Fsp3) is 0.385. The molecule has 11 nitrogen and oxygen atoms in total. The Morgan fingerprint density at radius 3 is 2.33 bits per heavy atom. The van der Waals surface area contributed by atoms with Crippen molar-refractivity contribution in [1.82, 2.24) is 5.32 Å². The molecule has 5 rings (SSSR count). The molecule has 1 amide bonds. The number of esters is 1. The van der Waals surface area contributed by atoms with Gasteiger partial charge in [-0.05, 0) is 41.0 Å². The third kappa shape index (κ3) is 5.54. The molecule has 3 atom stereocenters. The van der Waals surface area contributed by atoms with E-state index in [4.69, 9.17) is 35.2 Å². The predicted molar refractivity (Wildman–Crippen MR) is 137 cm³/mol. The average Bonchev–Trinajstić information content (AvgIpc) is 3.58. The molecule has 4 N–H and O–H groups in total. The molecule has 0 aromatic heterocycles. The Hall–Kier alpha value is -2.98. The molecule has 2 heterocycles. The maximum atomic E-state index is 13.1.